The van der Waals surface area contributed by atoms with Crippen molar-refractivity contribution in [3.8, 4) is 0 Å². The van der Waals surface area contributed by atoms with E-state index in [1.807, 2.05) is 30.3 Å². The summed E-state index contributed by atoms with van der Waals surface area (Å²) in [4.78, 5) is 30.0. The van der Waals surface area contributed by atoms with Gasteiger partial charge in [0.2, 0.25) is 0 Å². The summed E-state index contributed by atoms with van der Waals surface area (Å²) in [5.41, 5.74) is 3.93. The molecule has 0 radical (unpaired) electrons. The van der Waals surface area contributed by atoms with Crippen LogP contribution >= 0.6 is 0 Å². The maximum Gasteiger partial charge on any atom is 0.265 e. The van der Waals surface area contributed by atoms with Gasteiger partial charge in [0.25, 0.3) is 11.5 Å². The normalized spacial score (nSPS) is 15.8. The first-order valence-corrected chi connectivity index (χ1v) is 9.00. The monoisotopic (exact) mass is 355 g/mol. The smallest absolute Gasteiger partial charge is 0.265 e. The van der Waals surface area contributed by atoms with E-state index in [-0.39, 0.29) is 17.5 Å². The van der Waals surface area contributed by atoms with Crippen LogP contribution in [0, 0.1) is 0 Å². The molecule has 0 saturated heterocycles. The molecule has 5 rings (SSSR count). The Labute approximate surface area is 155 Å². The quantitative estimate of drug-likeness (QED) is 0.561. The zero-order valence-corrected chi connectivity index (χ0v) is 14.6. The Morgan fingerprint density at radius 1 is 1.04 bits per heavy atom. The molecule has 1 atom stereocenters. The van der Waals surface area contributed by atoms with E-state index in [2.05, 4.69) is 22.4 Å². The molecule has 0 saturated carbocycles. The molecule has 5 nitrogen and oxygen atoms in total. The molecule has 27 heavy (non-hydrogen) atoms. The number of aromatic nitrogens is 2. The van der Waals surface area contributed by atoms with Crippen molar-refractivity contribution in [3.63, 3.8) is 0 Å². The third-order valence-electron chi connectivity index (χ3n) is 5.22. The Bertz CT molecular complexity index is 1260. The number of para-hydroxylation sites is 1. The van der Waals surface area contributed by atoms with Crippen LogP contribution in [0.2, 0.25) is 0 Å². The minimum Gasteiger partial charge on any atom is -0.345 e. The Morgan fingerprint density at radius 3 is 2.78 bits per heavy atom. The summed E-state index contributed by atoms with van der Waals surface area (Å²) in [6.07, 6.45) is 3.44. The van der Waals surface area contributed by atoms with Crippen LogP contribution in [0.4, 0.5) is 0 Å². The molecule has 1 amide bonds. The summed E-state index contributed by atoms with van der Waals surface area (Å²) >= 11 is 0. The summed E-state index contributed by atoms with van der Waals surface area (Å²) < 4.78 is 1.44. The Balaban J connectivity index is 1.52. The van der Waals surface area contributed by atoms with Crippen LogP contribution < -0.4 is 10.9 Å². The van der Waals surface area contributed by atoms with Crippen molar-refractivity contribution in [3.05, 3.63) is 93.9 Å². The third kappa shape index (κ3) is 2.59. The lowest BCUT2D eigenvalue weighted by Crippen LogP contribution is -2.28. The number of pyridine rings is 1. The Morgan fingerprint density at radius 2 is 1.85 bits per heavy atom. The average Bonchev–Trinajstić information content (AvgIpc) is 3.11. The predicted octanol–water partition coefficient (Wildman–Crippen LogP) is 3.27. The van der Waals surface area contributed by atoms with Gasteiger partial charge in [0.15, 0.2) is 0 Å². The van der Waals surface area contributed by atoms with Crippen LogP contribution in [0.3, 0.4) is 0 Å². The number of rotatable bonds is 2. The molecular weight excluding hydrogens is 338 g/mol. The van der Waals surface area contributed by atoms with Crippen LogP contribution in [-0.4, -0.2) is 15.3 Å². The number of carbonyl (C=O) groups is 1. The molecule has 1 aliphatic rings. The number of carbonyl (C=O) groups excluding carboxylic acids is 1. The molecule has 0 aliphatic heterocycles. The highest BCUT2D eigenvalue weighted by atomic mass is 16.2. The summed E-state index contributed by atoms with van der Waals surface area (Å²) in [6.45, 7) is 0. The highest BCUT2D eigenvalue weighted by Crippen LogP contribution is 2.30. The highest BCUT2D eigenvalue weighted by molar-refractivity contribution is 5.94. The van der Waals surface area contributed by atoms with E-state index in [1.54, 1.807) is 24.4 Å². The molecule has 0 bridgehead atoms. The molecule has 1 aliphatic carbocycles. The molecule has 4 aromatic rings. The van der Waals surface area contributed by atoms with Crippen molar-refractivity contribution in [2.45, 2.75) is 18.9 Å². The lowest BCUT2D eigenvalue weighted by Gasteiger charge is -2.14. The van der Waals surface area contributed by atoms with Crippen LogP contribution in [0.15, 0.2) is 71.7 Å². The molecule has 1 unspecified atom stereocenters. The molecule has 2 aromatic carbocycles. The molecule has 0 fully saturated rings. The second kappa shape index (κ2) is 6.06. The summed E-state index contributed by atoms with van der Waals surface area (Å²) in [7, 11) is 0. The number of nitrogens with zero attached hydrogens (tertiary/aromatic N) is 2. The topological polar surface area (TPSA) is 63.5 Å². The van der Waals surface area contributed by atoms with Gasteiger partial charge < -0.3 is 5.32 Å². The van der Waals surface area contributed by atoms with E-state index < -0.39 is 0 Å². The molecule has 2 aromatic heterocycles. The number of aryl methyl sites for hydroxylation is 1. The van der Waals surface area contributed by atoms with Crippen molar-refractivity contribution in [2.24, 2.45) is 0 Å². The Hall–Kier alpha value is -3.47. The summed E-state index contributed by atoms with van der Waals surface area (Å²) in [5.74, 6) is -0.182. The van der Waals surface area contributed by atoms with Crippen molar-refractivity contribution in [1.29, 1.82) is 0 Å². The molecule has 0 spiro atoms. The fourth-order valence-electron chi connectivity index (χ4n) is 3.83. The minimum atomic E-state index is -0.182. The maximum atomic E-state index is 12.8. The maximum absolute atomic E-state index is 12.8. The van der Waals surface area contributed by atoms with Crippen LogP contribution in [0.5, 0.6) is 0 Å². The standard InChI is InChI=1S/C22H17N3O2/c26-21(24-19-11-9-14-5-1-2-6-16(14)19)15-10-12-20-23-18-8-4-3-7-17(18)22(27)25(20)13-15/h1-8,10,12-13,19H,9,11H2,(H,24,26). The van der Waals surface area contributed by atoms with Crippen LogP contribution in [0.1, 0.15) is 33.9 Å². The molecule has 1 N–H and O–H groups in total. The Kier molecular flexibility index (Phi) is 3.53. The number of hydrogen-bond acceptors (Lipinski definition) is 3. The van der Waals surface area contributed by atoms with Crippen LogP contribution in [0.25, 0.3) is 16.6 Å². The SMILES string of the molecule is O=C(NC1CCc2ccccc21)c1ccc2nc3ccccc3c(=O)n2c1. The average molecular weight is 355 g/mol. The fraction of sp³-hybridized carbons (Fsp3) is 0.136. The first kappa shape index (κ1) is 15.8. The molecule has 5 heteroatoms. The number of hydrogen-bond donors (Lipinski definition) is 1. The van der Waals surface area contributed by atoms with E-state index in [1.165, 1.54) is 15.5 Å². The first-order chi connectivity index (χ1) is 13.2. The number of fused-ring (bicyclic) bond motifs is 3. The summed E-state index contributed by atoms with van der Waals surface area (Å²) in [5, 5.41) is 3.64. The van der Waals surface area contributed by atoms with Crippen LogP contribution in [-0.2, 0) is 6.42 Å². The third-order valence-corrected chi connectivity index (χ3v) is 5.22. The number of benzene rings is 2. The van der Waals surface area contributed by atoms with Gasteiger partial charge in [0.1, 0.15) is 5.65 Å². The fourth-order valence-corrected chi connectivity index (χ4v) is 3.83. The first-order valence-electron chi connectivity index (χ1n) is 9.00. The van der Waals surface area contributed by atoms with Gasteiger partial charge in [-0.15, -0.1) is 0 Å². The zero-order chi connectivity index (χ0) is 18.4. The number of amides is 1. The van der Waals surface area contributed by atoms with Gasteiger partial charge in [-0.1, -0.05) is 36.4 Å². The van der Waals surface area contributed by atoms with Gasteiger partial charge in [-0.3, -0.25) is 14.0 Å². The van der Waals surface area contributed by atoms with E-state index in [0.29, 0.717) is 22.1 Å². The molecule has 132 valence electrons. The van der Waals surface area contributed by atoms with Gasteiger partial charge in [0, 0.05) is 6.20 Å². The molecule has 2 heterocycles. The largest absolute Gasteiger partial charge is 0.345 e. The van der Waals surface area contributed by atoms with Crippen molar-refractivity contribution in [2.75, 3.05) is 0 Å². The van der Waals surface area contributed by atoms with Gasteiger partial charge in [0.05, 0.1) is 22.5 Å². The highest BCUT2D eigenvalue weighted by Gasteiger charge is 2.24. The second-order valence-corrected chi connectivity index (χ2v) is 6.84. The lowest BCUT2D eigenvalue weighted by atomic mass is 10.1. The summed E-state index contributed by atoms with van der Waals surface area (Å²) in [6, 6.07) is 18.9. The van der Waals surface area contributed by atoms with Gasteiger partial charge in [-0.2, -0.15) is 0 Å². The lowest BCUT2D eigenvalue weighted by molar-refractivity contribution is 0.0936. The van der Waals surface area contributed by atoms with Gasteiger partial charge >= 0.3 is 0 Å². The van der Waals surface area contributed by atoms with E-state index in [0.717, 1.165) is 12.8 Å². The van der Waals surface area contributed by atoms with Crippen molar-refractivity contribution < 1.29 is 4.79 Å². The van der Waals surface area contributed by atoms with Crippen molar-refractivity contribution in [1.82, 2.24) is 14.7 Å². The van der Waals surface area contributed by atoms with Crippen molar-refractivity contribution >= 4 is 22.5 Å². The van der Waals surface area contributed by atoms with E-state index in [4.69, 9.17) is 0 Å². The number of nitrogens with one attached hydrogen (secondary N) is 1. The van der Waals surface area contributed by atoms with E-state index in [9.17, 15) is 9.59 Å². The van der Waals surface area contributed by atoms with Gasteiger partial charge in [-0.05, 0) is 48.2 Å². The van der Waals surface area contributed by atoms with Gasteiger partial charge in [-0.25, -0.2) is 4.98 Å². The van der Waals surface area contributed by atoms with E-state index >= 15 is 0 Å². The molecular formula is C22H17N3O2. The minimum absolute atomic E-state index is 0.0100. The second-order valence-electron chi connectivity index (χ2n) is 6.84. The predicted molar refractivity (Wildman–Crippen MR) is 104 cm³/mol. The zero-order valence-electron chi connectivity index (χ0n) is 14.6.